The van der Waals surface area contributed by atoms with Gasteiger partial charge >= 0.3 is 0 Å². The standard InChI is InChI=1S/C12H23NO/c1-2-8-13-9-6-12(7-10-13)5-3-4-11-14/h11-12H,2-10H2,1H3. The van der Waals surface area contributed by atoms with E-state index in [1.165, 1.54) is 45.3 Å². The van der Waals surface area contributed by atoms with E-state index in [0.29, 0.717) is 0 Å². The van der Waals surface area contributed by atoms with Crippen LogP contribution in [-0.2, 0) is 4.79 Å². The van der Waals surface area contributed by atoms with Gasteiger partial charge < -0.3 is 9.69 Å². The molecule has 2 nitrogen and oxygen atoms in total. The molecule has 1 aliphatic rings. The number of carbonyl (C=O) groups is 1. The minimum atomic E-state index is 0.759. The SMILES string of the molecule is CCCN1CCC(CCCC=O)CC1. The molecular weight excluding hydrogens is 174 g/mol. The second-order valence-corrected chi connectivity index (χ2v) is 4.38. The summed E-state index contributed by atoms with van der Waals surface area (Å²) in [6.07, 6.45) is 8.13. The molecule has 82 valence electrons. The van der Waals surface area contributed by atoms with Crippen molar-refractivity contribution in [3.63, 3.8) is 0 Å². The number of nitrogens with zero attached hydrogens (tertiary/aromatic N) is 1. The Balaban J connectivity index is 2.06. The van der Waals surface area contributed by atoms with Crippen LogP contribution in [0.5, 0.6) is 0 Å². The molecule has 0 unspecified atom stereocenters. The Morgan fingerprint density at radius 2 is 2.07 bits per heavy atom. The van der Waals surface area contributed by atoms with Gasteiger partial charge in [0.15, 0.2) is 0 Å². The van der Waals surface area contributed by atoms with Gasteiger partial charge in [-0.25, -0.2) is 0 Å². The van der Waals surface area contributed by atoms with Crippen LogP contribution < -0.4 is 0 Å². The van der Waals surface area contributed by atoms with Crippen molar-refractivity contribution < 1.29 is 4.79 Å². The van der Waals surface area contributed by atoms with Crippen molar-refractivity contribution in [3.05, 3.63) is 0 Å². The first kappa shape index (κ1) is 11.7. The van der Waals surface area contributed by atoms with Gasteiger partial charge in [0.2, 0.25) is 0 Å². The molecule has 1 saturated heterocycles. The Morgan fingerprint density at radius 3 is 2.64 bits per heavy atom. The van der Waals surface area contributed by atoms with Gasteiger partial charge in [-0.3, -0.25) is 0 Å². The zero-order valence-corrected chi connectivity index (χ0v) is 9.37. The molecule has 0 radical (unpaired) electrons. The van der Waals surface area contributed by atoms with Gasteiger partial charge in [0, 0.05) is 6.42 Å². The van der Waals surface area contributed by atoms with Crippen LogP contribution in [0.1, 0.15) is 45.4 Å². The molecular formula is C12H23NO. The van der Waals surface area contributed by atoms with E-state index in [2.05, 4.69) is 11.8 Å². The van der Waals surface area contributed by atoms with Crippen LogP contribution >= 0.6 is 0 Å². The minimum Gasteiger partial charge on any atom is -0.303 e. The van der Waals surface area contributed by atoms with Crippen LogP contribution in [0.2, 0.25) is 0 Å². The number of carbonyl (C=O) groups excluding carboxylic acids is 1. The molecule has 2 heteroatoms. The number of aldehydes is 1. The molecule has 0 atom stereocenters. The predicted molar refractivity (Wildman–Crippen MR) is 59.4 cm³/mol. The van der Waals surface area contributed by atoms with Crippen molar-refractivity contribution in [2.45, 2.75) is 45.4 Å². The zero-order valence-electron chi connectivity index (χ0n) is 9.37. The van der Waals surface area contributed by atoms with Crippen molar-refractivity contribution >= 4 is 6.29 Å². The molecule has 0 aromatic carbocycles. The first-order valence-corrected chi connectivity index (χ1v) is 6.02. The van der Waals surface area contributed by atoms with E-state index in [9.17, 15) is 4.79 Å². The molecule has 0 amide bonds. The second kappa shape index (κ2) is 6.99. The molecule has 1 fully saturated rings. The van der Waals surface area contributed by atoms with Gasteiger partial charge in [-0.2, -0.15) is 0 Å². The molecule has 0 aromatic heterocycles. The third-order valence-corrected chi connectivity index (χ3v) is 3.18. The molecule has 1 aliphatic heterocycles. The number of piperidine rings is 1. The van der Waals surface area contributed by atoms with E-state index in [-0.39, 0.29) is 0 Å². The summed E-state index contributed by atoms with van der Waals surface area (Å²) in [4.78, 5) is 12.7. The van der Waals surface area contributed by atoms with Crippen LogP contribution in [-0.4, -0.2) is 30.8 Å². The highest BCUT2D eigenvalue weighted by atomic mass is 16.1. The monoisotopic (exact) mass is 197 g/mol. The topological polar surface area (TPSA) is 20.3 Å². The Labute approximate surface area is 87.7 Å². The highest BCUT2D eigenvalue weighted by molar-refractivity contribution is 5.48. The molecule has 0 saturated carbocycles. The molecule has 0 bridgehead atoms. The second-order valence-electron chi connectivity index (χ2n) is 4.38. The van der Waals surface area contributed by atoms with Gasteiger partial charge in [-0.15, -0.1) is 0 Å². The van der Waals surface area contributed by atoms with E-state index in [1.54, 1.807) is 0 Å². The maximum absolute atomic E-state index is 10.2. The van der Waals surface area contributed by atoms with Crippen LogP contribution in [0, 0.1) is 5.92 Å². The van der Waals surface area contributed by atoms with Gasteiger partial charge in [0.05, 0.1) is 0 Å². The number of hydrogen-bond donors (Lipinski definition) is 0. The molecule has 1 heterocycles. The third kappa shape index (κ3) is 4.23. The number of likely N-dealkylation sites (tertiary alicyclic amines) is 1. The lowest BCUT2D eigenvalue weighted by atomic mass is 9.91. The first-order valence-electron chi connectivity index (χ1n) is 6.02. The summed E-state index contributed by atoms with van der Waals surface area (Å²) in [6.45, 7) is 6.07. The fraction of sp³-hybridized carbons (Fsp3) is 0.917. The van der Waals surface area contributed by atoms with E-state index in [0.717, 1.165) is 25.0 Å². The van der Waals surface area contributed by atoms with Crippen molar-refractivity contribution in [2.24, 2.45) is 5.92 Å². The summed E-state index contributed by atoms with van der Waals surface area (Å²) in [5, 5.41) is 0. The maximum Gasteiger partial charge on any atom is 0.119 e. The highest BCUT2D eigenvalue weighted by Gasteiger charge is 2.17. The van der Waals surface area contributed by atoms with E-state index < -0.39 is 0 Å². The van der Waals surface area contributed by atoms with E-state index in [1.807, 2.05) is 0 Å². The van der Waals surface area contributed by atoms with Crippen LogP contribution in [0.4, 0.5) is 0 Å². The summed E-state index contributed by atoms with van der Waals surface area (Å²) < 4.78 is 0. The van der Waals surface area contributed by atoms with E-state index >= 15 is 0 Å². The summed E-state index contributed by atoms with van der Waals surface area (Å²) >= 11 is 0. The average Bonchev–Trinajstić information content (AvgIpc) is 2.21. The van der Waals surface area contributed by atoms with E-state index in [4.69, 9.17) is 0 Å². The summed E-state index contributed by atoms with van der Waals surface area (Å²) in [5.41, 5.74) is 0. The predicted octanol–water partition coefficient (Wildman–Crippen LogP) is 2.48. The Bertz CT molecular complexity index is 150. The Kier molecular flexibility index (Phi) is 5.85. The van der Waals surface area contributed by atoms with Gasteiger partial charge in [0.25, 0.3) is 0 Å². The lowest BCUT2D eigenvalue weighted by Crippen LogP contribution is -2.34. The normalized spacial score (nSPS) is 19.8. The lowest BCUT2D eigenvalue weighted by molar-refractivity contribution is -0.108. The largest absolute Gasteiger partial charge is 0.303 e. The molecule has 0 N–H and O–H groups in total. The quantitative estimate of drug-likeness (QED) is 0.481. The molecule has 0 aromatic rings. The van der Waals surface area contributed by atoms with Crippen molar-refractivity contribution in [2.75, 3.05) is 19.6 Å². The maximum atomic E-state index is 10.2. The Morgan fingerprint density at radius 1 is 1.36 bits per heavy atom. The van der Waals surface area contributed by atoms with Gasteiger partial charge in [-0.05, 0) is 57.7 Å². The Hall–Kier alpha value is -0.370. The van der Waals surface area contributed by atoms with Crippen LogP contribution in [0.15, 0.2) is 0 Å². The van der Waals surface area contributed by atoms with Crippen LogP contribution in [0.25, 0.3) is 0 Å². The fourth-order valence-electron chi connectivity index (χ4n) is 2.30. The molecule has 0 aliphatic carbocycles. The summed E-state index contributed by atoms with van der Waals surface area (Å²) in [7, 11) is 0. The number of unbranched alkanes of at least 4 members (excludes halogenated alkanes) is 1. The number of hydrogen-bond acceptors (Lipinski definition) is 2. The van der Waals surface area contributed by atoms with Crippen LogP contribution in [0.3, 0.4) is 0 Å². The van der Waals surface area contributed by atoms with Crippen molar-refractivity contribution in [1.29, 1.82) is 0 Å². The number of rotatable bonds is 6. The molecule has 14 heavy (non-hydrogen) atoms. The van der Waals surface area contributed by atoms with Gasteiger partial charge in [0.1, 0.15) is 6.29 Å². The summed E-state index contributed by atoms with van der Waals surface area (Å²) in [5.74, 6) is 0.892. The molecule has 0 spiro atoms. The van der Waals surface area contributed by atoms with Crippen molar-refractivity contribution in [1.82, 2.24) is 4.90 Å². The van der Waals surface area contributed by atoms with Gasteiger partial charge in [-0.1, -0.05) is 6.92 Å². The minimum absolute atomic E-state index is 0.759. The average molecular weight is 197 g/mol. The van der Waals surface area contributed by atoms with Crippen molar-refractivity contribution in [3.8, 4) is 0 Å². The first-order chi connectivity index (χ1) is 6.86. The zero-order chi connectivity index (χ0) is 10.2. The smallest absolute Gasteiger partial charge is 0.119 e. The fourth-order valence-corrected chi connectivity index (χ4v) is 2.30. The highest BCUT2D eigenvalue weighted by Crippen LogP contribution is 2.22. The lowest BCUT2D eigenvalue weighted by Gasteiger charge is -2.31. The molecule has 1 rings (SSSR count). The summed E-state index contributed by atoms with van der Waals surface area (Å²) in [6, 6.07) is 0. The third-order valence-electron chi connectivity index (χ3n) is 3.18.